The van der Waals surface area contributed by atoms with Gasteiger partial charge < -0.3 is 10.2 Å². The molecular weight excluding hydrogens is 406 g/mol. The maximum atomic E-state index is 12.3. The van der Waals surface area contributed by atoms with E-state index in [0.29, 0.717) is 30.5 Å². The molecule has 0 atom stereocenters. The minimum Gasteiger partial charge on any atom is -0.382 e. The molecule has 2 aliphatic rings. The maximum Gasteiger partial charge on any atom is 0.240 e. The molecule has 1 amide bonds. The van der Waals surface area contributed by atoms with Crippen LogP contribution in [0, 0.1) is 0 Å². The van der Waals surface area contributed by atoms with E-state index >= 15 is 0 Å². The quantitative estimate of drug-likeness (QED) is 0.706. The summed E-state index contributed by atoms with van der Waals surface area (Å²) in [5.41, 5.74) is 1.40. The largest absolute Gasteiger partial charge is 0.382 e. The summed E-state index contributed by atoms with van der Waals surface area (Å²) in [7, 11) is -2.22. The number of carbonyl (C=O) groups excluding carboxylic acids is 1. The van der Waals surface area contributed by atoms with Crippen LogP contribution in [-0.2, 0) is 14.8 Å². The van der Waals surface area contributed by atoms with Crippen molar-refractivity contribution in [2.45, 2.75) is 56.0 Å². The van der Waals surface area contributed by atoms with Crippen molar-refractivity contribution in [2.24, 2.45) is 0 Å². The van der Waals surface area contributed by atoms with Gasteiger partial charge in [-0.15, -0.1) is 10.2 Å². The van der Waals surface area contributed by atoms with Crippen LogP contribution in [0.5, 0.6) is 0 Å². The van der Waals surface area contributed by atoms with Crippen molar-refractivity contribution in [3.63, 3.8) is 0 Å². The van der Waals surface area contributed by atoms with Crippen LogP contribution in [0.25, 0.3) is 11.4 Å². The fraction of sp³-hybridized carbons (Fsp3) is 0.579. The van der Waals surface area contributed by atoms with Gasteiger partial charge in [-0.05, 0) is 43.3 Å². The van der Waals surface area contributed by atoms with Gasteiger partial charge in [0.1, 0.15) is 6.04 Å². The summed E-state index contributed by atoms with van der Waals surface area (Å²) >= 11 is 0. The average molecular weight is 434 g/mol. The lowest BCUT2D eigenvalue weighted by Crippen LogP contribution is -2.50. The average Bonchev–Trinajstić information content (AvgIpc) is 3.17. The van der Waals surface area contributed by atoms with Gasteiger partial charge in [-0.2, -0.15) is 4.80 Å². The normalized spacial score (nSPS) is 18.3. The Hall–Kier alpha value is -2.53. The van der Waals surface area contributed by atoms with E-state index in [1.54, 1.807) is 23.1 Å². The van der Waals surface area contributed by atoms with Crippen LogP contribution in [0.1, 0.15) is 45.1 Å². The molecule has 1 aliphatic heterocycles. The highest BCUT2D eigenvalue weighted by Gasteiger charge is 2.32. The molecule has 1 saturated heterocycles. The van der Waals surface area contributed by atoms with Crippen molar-refractivity contribution in [2.75, 3.05) is 25.5 Å². The van der Waals surface area contributed by atoms with E-state index in [0.717, 1.165) is 18.5 Å². The van der Waals surface area contributed by atoms with Crippen LogP contribution in [0.2, 0.25) is 0 Å². The summed E-state index contributed by atoms with van der Waals surface area (Å²) in [6.07, 6.45) is 5.78. The summed E-state index contributed by atoms with van der Waals surface area (Å²) < 4.78 is 27.0. The fourth-order valence-corrected chi connectivity index (χ4v) is 4.69. The van der Waals surface area contributed by atoms with Crippen LogP contribution in [-0.4, -0.2) is 65.6 Å². The number of nitrogens with zero attached hydrogens (tertiary/aromatic N) is 5. The van der Waals surface area contributed by atoms with E-state index in [9.17, 15) is 13.2 Å². The first-order valence-electron chi connectivity index (χ1n) is 10.3. The second-order valence-corrected chi connectivity index (χ2v) is 9.79. The highest BCUT2D eigenvalue weighted by atomic mass is 32.2. The second-order valence-electron chi connectivity index (χ2n) is 7.91. The van der Waals surface area contributed by atoms with Crippen LogP contribution in [0.15, 0.2) is 23.1 Å². The number of rotatable bonds is 6. The Labute approximate surface area is 176 Å². The Balaban J connectivity index is 1.64. The van der Waals surface area contributed by atoms with E-state index in [-0.39, 0.29) is 16.8 Å². The van der Waals surface area contributed by atoms with Gasteiger partial charge in [0.25, 0.3) is 0 Å². The summed E-state index contributed by atoms with van der Waals surface area (Å²) in [6, 6.07) is 5.27. The van der Waals surface area contributed by atoms with Crippen molar-refractivity contribution in [3.8, 4) is 11.4 Å². The van der Waals surface area contributed by atoms with Gasteiger partial charge in [0.2, 0.25) is 21.8 Å². The van der Waals surface area contributed by atoms with E-state index in [2.05, 4.69) is 25.4 Å². The van der Waals surface area contributed by atoms with Gasteiger partial charge >= 0.3 is 0 Å². The van der Waals surface area contributed by atoms with Crippen molar-refractivity contribution in [1.29, 1.82) is 0 Å². The lowest BCUT2D eigenvalue weighted by atomic mass is 9.95. The standard InChI is InChI=1S/C19H27N7O3S/c1-13(27)25-11-15(12-25)26-23-19(22-24-26)17-10-16(30(28,29)20-2)8-9-18(17)21-14-6-4-3-5-7-14/h8-10,14-15,20-21H,3-7,11-12H2,1-2H3. The third kappa shape index (κ3) is 4.17. The zero-order chi connectivity index (χ0) is 21.3. The monoisotopic (exact) mass is 433 g/mol. The van der Waals surface area contributed by atoms with Crippen molar-refractivity contribution in [3.05, 3.63) is 18.2 Å². The van der Waals surface area contributed by atoms with E-state index < -0.39 is 10.0 Å². The first-order chi connectivity index (χ1) is 14.4. The summed E-state index contributed by atoms with van der Waals surface area (Å²) in [5, 5.41) is 16.4. The number of benzene rings is 1. The molecule has 1 saturated carbocycles. The molecule has 4 rings (SSSR count). The predicted molar refractivity (Wildman–Crippen MR) is 111 cm³/mol. The molecule has 1 aromatic heterocycles. The number of carbonyl (C=O) groups is 1. The number of likely N-dealkylation sites (tertiary alicyclic amines) is 1. The van der Waals surface area contributed by atoms with E-state index in [1.807, 2.05) is 0 Å². The Morgan fingerprint density at radius 3 is 2.57 bits per heavy atom. The molecule has 0 radical (unpaired) electrons. The van der Waals surface area contributed by atoms with Crippen LogP contribution < -0.4 is 10.0 Å². The van der Waals surface area contributed by atoms with E-state index in [1.165, 1.54) is 38.0 Å². The van der Waals surface area contributed by atoms with Crippen molar-refractivity contribution in [1.82, 2.24) is 29.8 Å². The Morgan fingerprint density at radius 1 is 1.17 bits per heavy atom. The summed E-state index contributed by atoms with van der Waals surface area (Å²) in [5.74, 6) is 0.387. The highest BCUT2D eigenvalue weighted by Crippen LogP contribution is 2.31. The van der Waals surface area contributed by atoms with Gasteiger partial charge in [-0.25, -0.2) is 13.1 Å². The van der Waals surface area contributed by atoms with Gasteiger partial charge in [-0.3, -0.25) is 4.79 Å². The molecule has 0 unspecified atom stereocenters. The number of nitrogens with one attached hydrogen (secondary N) is 2. The lowest BCUT2D eigenvalue weighted by Gasteiger charge is -2.37. The van der Waals surface area contributed by atoms with Crippen molar-refractivity contribution >= 4 is 21.6 Å². The van der Waals surface area contributed by atoms with Gasteiger partial charge in [0.05, 0.1) is 4.90 Å². The Kier molecular flexibility index (Phi) is 5.74. The number of sulfonamides is 1. The summed E-state index contributed by atoms with van der Waals surface area (Å²) in [6.45, 7) is 2.63. The zero-order valence-electron chi connectivity index (χ0n) is 17.2. The number of tetrazole rings is 1. The fourth-order valence-electron chi connectivity index (χ4n) is 3.93. The lowest BCUT2D eigenvalue weighted by molar-refractivity contribution is -0.134. The number of hydrogen-bond acceptors (Lipinski definition) is 7. The van der Waals surface area contributed by atoms with Crippen LogP contribution in [0.4, 0.5) is 5.69 Å². The molecule has 0 spiro atoms. The highest BCUT2D eigenvalue weighted by molar-refractivity contribution is 7.89. The van der Waals surface area contributed by atoms with Crippen LogP contribution >= 0.6 is 0 Å². The molecule has 10 nitrogen and oxygen atoms in total. The molecule has 2 aromatic rings. The smallest absolute Gasteiger partial charge is 0.240 e. The number of amides is 1. The van der Waals surface area contributed by atoms with E-state index in [4.69, 9.17) is 0 Å². The molecule has 162 valence electrons. The molecule has 1 aromatic carbocycles. The molecule has 11 heteroatoms. The molecular formula is C19H27N7O3S. The number of anilines is 1. The third-order valence-corrected chi connectivity index (χ3v) is 7.25. The van der Waals surface area contributed by atoms with Gasteiger partial charge in [-0.1, -0.05) is 19.3 Å². The molecule has 0 bridgehead atoms. The molecule has 2 fully saturated rings. The topological polar surface area (TPSA) is 122 Å². The van der Waals surface area contributed by atoms with Gasteiger partial charge in [0.15, 0.2) is 0 Å². The minimum absolute atomic E-state index is 0.0193. The summed E-state index contributed by atoms with van der Waals surface area (Å²) in [4.78, 5) is 14.8. The molecule has 2 heterocycles. The SMILES string of the molecule is CNS(=O)(=O)c1ccc(NC2CCCCC2)c(-c2nnn(C3CN(C(C)=O)C3)n2)c1. The molecule has 1 aliphatic carbocycles. The molecule has 2 N–H and O–H groups in total. The first-order valence-corrected chi connectivity index (χ1v) is 11.8. The zero-order valence-corrected chi connectivity index (χ0v) is 18.0. The Morgan fingerprint density at radius 2 is 1.90 bits per heavy atom. The van der Waals surface area contributed by atoms with Gasteiger partial charge in [0, 0.05) is 37.3 Å². The number of hydrogen-bond donors (Lipinski definition) is 2. The first kappa shape index (κ1) is 20.7. The second kappa shape index (κ2) is 8.31. The Bertz CT molecular complexity index is 1020. The van der Waals surface area contributed by atoms with Crippen LogP contribution in [0.3, 0.4) is 0 Å². The van der Waals surface area contributed by atoms with Crippen molar-refractivity contribution < 1.29 is 13.2 Å². The minimum atomic E-state index is -3.60. The molecule has 30 heavy (non-hydrogen) atoms. The third-order valence-electron chi connectivity index (χ3n) is 5.84. The number of aromatic nitrogens is 4. The maximum absolute atomic E-state index is 12.3. The predicted octanol–water partition coefficient (Wildman–Crippen LogP) is 1.40.